The molecule has 0 aliphatic rings. The number of hydrogen-bond acceptors (Lipinski definition) is 4. The molecule has 0 fully saturated rings. The average molecular weight is 382 g/mol. The van der Waals surface area contributed by atoms with Gasteiger partial charge in [0.1, 0.15) is 11.8 Å². The van der Waals surface area contributed by atoms with Crippen molar-refractivity contribution in [2.45, 2.75) is 13.5 Å². The van der Waals surface area contributed by atoms with Crippen LogP contribution in [0.3, 0.4) is 0 Å². The number of amides is 1. The van der Waals surface area contributed by atoms with E-state index in [0.29, 0.717) is 11.1 Å². The second kappa shape index (κ2) is 6.87. The fourth-order valence-corrected chi connectivity index (χ4v) is 3.42. The van der Waals surface area contributed by atoms with E-state index in [1.165, 1.54) is 0 Å². The van der Waals surface area contributed by atoms with Gasteiger partial charge in [0.25, 0.3) is 5.91 Å². The molecule has 0 saturated heterocycles. The van der Waals surface area contributed by atoms with Crippen molar-refractivity contribution < 1.29 is 4.79 Å². The Morgan fingerprint density at radius 3 is 2.62 bits per heavy atom. The molecule has 142 valence electrons. The Bertz CT molecular complexity index is 1330. The molecule has 0 saturated carbocycles. The van der Waals surface area contributed by atoms with E-state index in [9.17, 15) is 4.79 Å². The number of anilines is 1. The summed E-state index contributed by atoms with van der Waals surface area (Å²) >= 11 is 0. The van der Waals surface area contributed by atoms with Crippen molar-refractivity contribution in [2.24, 2.45) is 0 Å². The number of nitrogens with one attached hydrogen (secondary N) is 1. The second-order valence-corrected chi connectivity index (χ2v) is 6.71. The minimum Gasteiger partial charge on any atom is -0.322 e. The highest BCUT2D eigenvalue weighted by Gasteiger charge is 2.11. The fraction of sp³-hybridized carbons (Fsp3) is 0.0909. The summed E-state index contributed by atoms with van der Waals surface area (Å²) in [6.07, 6.45) is 1.80. The van der Waals surface area contributed by atoms with Crippen molar-refractivity contribution in [3.05, 3.63) is 78.6 Å². The van der Waals surface area contributed by atoms with Gasteiger partial charge < -0.3 is 5.32 Å². The third-order valence-corrected chi connectivity index (χ3v) is 4.93. The van der Waals surface area contributed by atoms with Crippen LogP contribution in [0.1, 0.15) is 17.3 Å². The number of aryl methyl sites for hydroxylation is 1. The summed E-state index contributed by atoms with van der Waals surface area (Å²) in [6.45, 7) is 2.74. The van der Waals surface area contributed by atoms with Gasteiger partial charge >= 0.3 is 0 Å². The molecule has 0 aliphatic heterocycles. The third-order valence-electron chi connectivity index (χ3n) is 4.93. The zero-order valence-corrected chi connectivity index (χ0v) is 15.8. The molecule has 0 spiro atoms. The van der Waals surface area contributed by atoms with E-state index < -0.39 is 0 Å². The van der Waals surface area contributed by atoms with Crippen LogP contribution < -0.4 is 5.32 Å². The first kappa shape index (κ1) is 17.1. The molecule has 2 heterocycles. The second-order valence-electron chi connectivity index (χ2n) is 6.71. The van der Waals surface area contributed by atoms with Crippen LogP contribution in [-0.2, 0) is 6.54 Å². The monoisotopic (exact) mass is 382 g/mol. The van der Waals surface area contributed by atoms with Crippen LogP contribution in [0.15, 0.2) is 73.1 Å². The smallest absolute Gasteiger partial charge is 0.255 e. The predicted molar refractivity (Wildman–Crippen MR) is 112 cm³/mol. The number of hydrogen-bond donors (Lipinski definition) is 1. The van der Waals surface area contributed by atoms with Crippen molar-refractivity contribution in [3.8, 4) is 5.69 Å². The molecule has 0 unspecified atom stereocenters. The minimum atomic E-state index is -0.182. The van der Waals surface area contributed by atoms with E-state index in [-0.39, 0.29) is 5.91 Å². The van der Waals surface area contributed by atoms with Crippen molar-refractivity contribution in [3.63, 3.8) is 0 Å². The van der Waals surface area contributed by atoms with Crippen LogP contribution in [-0.4, -0.2) is 30.5 Å². The molecule has 0 radical (unpaired) electrons. The number of para-hydroxylation sites is 2. The largest absolute Gasteiger partial charge is 0.322 e. The molecular weight excluding hydrogens is 364 g/mol. The molecule has 5 rings (SSSR count). The number of carbonyl (C=O) groups is 1. The first-order valence-corrected chi connectivity index (χ1v) is 9.40. The standard InChI is InChI=1S/C22H18N6O/c1-2-28-21-12-7-15(13-19(21)25-26-28)22(29)24-16-8-10-17(11-9-16)27-14-23-18-5-3-4-6-20(18)27/h3-14H,2H2,1H3,(H,24,29). The third kappa shape index (κ3) is 3.02. The number of aromatic nitrogens is 5. The van der Waals surface area contributed by atoms with Crippen molar-refractivity contribution in [2.75, 3.05) is 5.32 Å². The summed E-state index contributed by atoms with van der Waals surface area (Å²) in [5, 5.41) is 11.1. The zero-order valence-electron chi connectivity index (χ0n) is 15.8. The van der Waals surface area contributed by atoms with Gasteiger partial charge in [-0.05, 0) is 61.5 Å². The van der Waals surface area contributed by atoms with E-state index in [1.807, 2.05) is 66.1 Å². The van der Waals surface area contributed by atoms with Crippen LogP contribution in [0.25, 0.3) is 27.8 Å². The lowest BCUT2D eigenvalue weighted by Crippen LogP contribution is -2.11. The maximum absolute atomic E-state index is 12.6. The predicted octanol–water partition coefficient (Wildman–Crippen LogP) is 4.04. The summed E-state index contributed by atoms with van der Waals surface area (Å²) < 4.78 is 3.82. The van der Waals surface area contributed by atoms with E-state index in [2.05, 4.69) is 20.6 Å². The first-order valence-electron chi connectivity index (χ1n) is 9.40. The number of rotatable bonds is 4. The van der Waals surface area contributed by atoms with Gasteiger partial charge in [-0.25, -0.2) is 9.67 Å². The Balaban J connectivity index is 1.37. The van der Waals surface area contributed by atoms with Crippen LogP contribution in [0.2, 0.25) is 0 Å². The molecule has 7 nitrogen and oxygen atoms in total. The molecule has 3 aromatic carbocycles. The molecule has 1 amide bonds. The Morgan fingerprint density at radius 2 is 1.79 bits per heavy atom. The van der Waals surface area contributed by atoms with E-state index >= 15 is 0 Å². The van der Waals surface area contributed by atoms with Crippen molar-refractivity contribution in [1.82, 2.24) is 24.5 Å². The summed E-state index contributed by atoms with van der Waals surface area (Å²) in [4.78, 5) is 17.1. The molecule has 0 bridgehead atoms. The highest BCUT2D eigenvalue weighted by molar-refractivity contribution is 6.05. The van der Waals surface area contributed by atoms with Crippen LogP contribution >= 0.6 is 0 Å². The van der Waals surface area contributed by atoms with Gasteiger partial charge in [-0.2, -0.15) is 0 Å². The fourth-order valence-electron chi connectivity index (χ4n) is 3.42. The van der Waals surface area contributed by atoms with Gasteiger partial charge in [0.2, 0.25) is 0 Å². The summed E-state index contributed by atoms with van der Waals surface area (Å²) in [5.41, 5.74) is 5.86. The number of nitrogens with zero attached hydrogens (tertiary/aromatic N) is 5. The summed E-state index contributed by atoms with van der Waals surface area (Å²) in [5.74, 6) is -0.182. The zero-order chi connectivity index (χ0) is 19.8. The van der Waals surface area contributed by atoms with E-state index in [0.717, 1.165) is 34.5 Å². The Hall–Kier alpha value is -4.00. The molecule has 5 aromatic rings. The topological polar surface area (TPSA) is 77.6 Å². The summed E-state index contributed by atoms with van der Waals surface area (Å²) in [6, 6.07) is 21.1. The lowest BCUT2D eigenvalue weighted by molar-refractivity contribution is 0.102. The highest BCUT2D eigenvalue weighted by atomic mass is 16.1. The molecule has 29 heavy (non-hydrogen) atoms. The maximum atomic E-state index is 12.6. The molecular formula is C22H18N6O. The van der Waals surface area contributed by atoms with Gasteiger partial charge in [-0.1, -0.05) is 17.3 Å². The molecule has 7 heteroatoms. The van der Waals surface area contributed by atoms with Crippen molar-refractivity contribution >= 4 is 33.7 Å². The van der Waals surface area contributed by atoms with Gasteiger partial charge in [-0.15, -0.1) is 5.10 Å². The average Bonchev–Trinajstić information content (AvgIpc) is 3.38. The lowest BCUT2D eigenvalue weighted by atomic mass is 10.1. The minimum absolute atomic E-state index is 0.182. The number of imidazole rings is 1. The highest BCUT2D eigenvalue weighted by Crippen LogP contribution is 2.20. The van der Waals surface area contributed by atoms with E-state index in [4.69, 9.17) is 0 Å². The number of fused-ring (bicyclic) bond motifs is 2. The van der Waals surface area contributed by atoms with Gasteiger partial charge in [0.15, 0.2) is 0 Å². The molecule has 0 aliphatic carbocycles. The molecule has 0 atom stereocenters. The van der Waals surface area contributed by atoms with Gasteiger partial charge in [-0.3, -0.25) is 9.36 Å². The van der Waals surface area contributed by atoms with Crippen molar-refractivity contribution in [1.29, 1.82) is 0 Å². The van der Waals surface area contributed by atoms with E-state index in [1.54, 1.807) is 23.1 Å². The first-order chi connectivity index (χ1) is 14.2. The molecule has 2 aromatic heterocycles. The van der Waals surface area contributed by atoms with Gasteiger partial charge in [0.05, 0.1) is 16.6 Å². The SMILES string of the molecule is CCn1nnc2cc(C(=O)Nc3ccc(-n4cnc5ccccc54)cc3)ccc21. The van der Waals surface area contributed by atoms with Crippen LogP contribution in [0.4, 0.5) is 5.69 Å². The summed E-state index contributed by atoms with van der Waals surface area (Å²) in [7, 11) is 0. The Labute approximate surface area is 166 Å². The Morgan fingerprint density at radius 1 is 0.966 bits per heavy atom. The number of benzene rings is 3. The maximum Gasteiger partial charge on any atom is 0.255 e. The van der Waals surface area contributed by atoms with Crippen LogP contribution in [0.5, 0.6) is 0 Å². The molecule has 1 N–H and O–H groups in total. The number of carbonyl (C=O) groups excluding carboxylic acids is 1. The van der Waals surface area contributed by atoms with Crippen LogP contribution in [0, 0.1) is 0 Å². The van der Waals surface area contributed by atoms with Gasteiger partial charge in [0, 0.05) is 23.5 Å². The Kier molecular flexibility index (Phi) is 4.05. The quantitative estimate of drug-likeness (QED) is 0.509. The lowest BCUT2D eigenvalue weighted by Gasteiger charge is -2.08. The normalized spacial score (nSPS) is 11.2.